The van der Waals surface area contributed by atoms with Gasteiger partial charge in [0, 0.05) is 24.2 Å². The Morgan fingerprint density at radius 1 is 1.25 bits per heavy atom. The van der Waals surface area contributed by atoms with E-state index in [1.54, 1.807) is 20.1 Å². The van der Waals surface area contributed by atoms with Crippen LogP contribution in [-0.2, 0) is 10.3 Å². The van der Waals surface area contributed by atoms with Crippen molar-refractivity contribution in [1.82, 2.24) is 5.32 Å². The molecule has 2 aromatic rings. The van der Waals surface area contributed by atoms with Gasteiger partial charge in [0.25, 0.3) is 0 Å². The zero-order chi connectivity index (χ0) is 18.7. The third-order valence-electron chi connectivity index (χ3n) is 4.85. The fourth-order valence-electron chi connectivity index (χ4n) is 3.26. The van der Waals surface area contributed by atoms with Gasteiger partial charge in [0.1, 0.15) is 11.3 Å². The first-order valence-corrected chi connectivity index (χ1v) is 9.03. The molecule has 3 N–H and O–H groups in total. The van der Waals surface area contributed by atoms with Crippen LogP contribution in [-0.4, -0.2) is 32.1 Å². The monoisotopic (exact) mass is 445 g/mol. The van der Waals surface area contributed by atoms with Crippen molar-refractivity contribution in [3.05, 3.63) is 59.1 Å². The molecule has 0 radical (unpaired) electrons. The van der Waals surface area contributed by atoms with E-state index in [2.05, 4.69) is 10.2 Å². The number of methoxy groups -OCH3 is 1. The second-order valence-corrected chi connectivity index (χ2v) is 7.23. The quantitative estimate of drug-likeness (QED) is 0.734. The first kappa shape index (κ1) is 24.4. The summed E-state index contributed by atoms with van der Waals surface area (Å²) in [7, 11) is 1.64. The van der Waals surface area contributed by atoms with E-state index in [-0.39, 0.29) is 36.8 Å². The van der Waals surface area contributed by atoms with E-state index in [9.17, 15) is 4.79 Å². The van der Waals surface area contributed by atoms with Crippen molar-refractivity contribution in [3.63, 3.8) is 0 Å². The number of benzene rings is 2. The van der Waals surface area contributed by atoms with Gasteiger partial charge in [0.2, 0.25) is 5.91 Å². The predicted octanol–water partition coefficient (Wildman–Crippen LogP) is 3.76. The van der Waals surface area contributed by atoms with Gasteiger partial charge < -0.3 is 20.7 Å². The molecule has 0 spiro atoms. The predicted molar refractivity (Wildman–Crippen MR) is 119 cm³/mol. The third kappa shape index (κ3) is 5.23. The van der Waals surface area contributed by atoms with E-state index in [4.69, 9.17) is 22.1 Å². The number of ether oxygens (including phenoxy) is 1. The summed E-state index contributed by atoms with van der Waals surface area (Å²) < 4.78 is 5.43. The number of anilines is 1. The number of nitrogens with two attached hydrogens (primary N) is 1. The number of nitrogens with one attached hydrogen (secondary N) is 1. The summed E-state index contributed by atoms with van der Waals surface area (Å²) in [4.78, 5) is 14.9. The average Bonchev–Trinajstić information content (AvgIpc) is 3.10. The highest BCUT2D eigenvalue weighted by Crippen LogP contribution is 2.33. The van der Waals surface area contributed by atoms with E-state index in [0.717, 1.165) is 30.0 Å². The molecule has 1 aliphatic rings. The van der Waals surface area contributed by atoms with Crippen molar-refractivity contribution in [2.45, 2.75) is 24.9 Å². The van der Waals surface area contributed by atoms with Crippen molar-refractivity contribution in [2.24, 2.45) is 5.73 Å². The zero-order valence-corrected chi connectivity index (χ0v) is 18.2. The second kappa shape index (κ2) is 10.2. The lowest BCUT2D eigenvalue weighted by atomic mass is 9.92. The summed E-state index contributed by atoms with van der Waals surface area (Å²) in [6.45, 7) is 3.24. The molecule has 0 aromatic heterocycles. The fourth-order valence-corrected chi connectivity index (χ4v) is 3.42. The lowest BCUT2D eigenvalue weighted by molar-refractivity contribution is -0.126. The van der Waals surface area contributed by atoms with Gasteiger partial charge in [0.15, 0.2) is 0 Å². The van der Waals surface area contributed by atoms with Crippen molar-refractivity contribution in [1.29, 1.82) is 0 Å². The number of halogens is 3. The molecule has 0 saturated carbocycles. The lowest BCUT2D eigenvalue weighted by Crippen LogP contribution is -2.52. The Morgan fingerprint density at radius 3 is 2.57 bits per heavy atom. The third-order valence-corrected chi connectivity index (χ3v) is 5.09. The number of nitrogens with zero attached hydrogens (tertiary/aromatic N) is 1. The van der Waals surface area contributed by atoms with Crippen LogP contribution in [0.15, 0.2) is 48.5 Å². The minimum absolute atomic E-state index is 0. The van der Waals surface area contributed by atoms with Gasteiger partial charge in [-0.25, -0.2) is 0 Å². The molecule has 1 fully saturated rings. The molecule has 0 aliphatic carbocycles. The van der Waals surface area contributed by atoms with Crippen molar-refractivity contribution < 1.29 is 9.53 Å². The van der Waals surface area contributed by atoms with Crippen LogP contribution in [0.5, 0.6) is 5.75 Å². The Balaban J connectivity index is 0.00000196. The zero-order valence-electron chi connectivity index (χ0n) is 15.9. The van der Waals surface area contributed by atoms with Gasteiger partial charge >= 0.3 is 0 Å². The Morgan fingerprint density at radius 2 is 1.93 bits per heavy atom. The molecule has 154 valence electrons. The number of hydrogen-bond donors (Lipinski definition) is 2. The standard InChI is InChI=1S/C20H24ClN3O2.2ClH/c1-20(22,14-6-4-3-5-7-14)19(25)23-16-10-11-24(13-16)17-12-15(21)8-9-18(17)26-2;;/h3-9,12,16H,10-11,13,22H2,1-2H3,(H,23,25);2*1H. The average molecular weight is 447 g/mol. The van der Waals surface area contributed by atoms with Gasteiger partial charge in [-0.1, -0.05) is 41.9 Å². The van der Waals surface area contributed by atoms with E-state index in [1.807, 2.05) is 42.5 Å². The van der Waals surface area contributed by atoms with Crippen LogP contribution in [0.2, 0.25) is 5.02 Å². The van der Waals surface area contributed by atoms with Crippen LogP contribution in [0.4, 0.5) is 5.69 Å². The van der Waals surface area contributed by atoms with Crippen LogP contribution in [0.25, 0.3) is 0 Å². The summed E-state index contributed by atoms with van der Waals surface area (Å²) in [5.41, 5.74) is 6.98. The van der Waals surface area contributed by atoms with Crippen LogP contribution in [0.3, 0.4) is 0 Å². The molecule has 1 heterocycles. The highest BCUT2D eigenvalue weighted by molar-refractivity contribution is 6.30. The Hall–Kier alpha value is -1.66. The summed E-state index contributed by atoms with van der Waals surface area (Å²) in [5.74, 6) is 0.600. The maximum Gasteiger partial charge on any atom is 0.244 e. The Labute approximate surface area is 183 Å². The molecule has 2 aromatic carbocycles. The number of hydrogen-bond acceptors (Lipinski definition) is 4. The molecule has 0 bridgehead atoms. The topological polar surface area (TPSA) is 67.6 Å². The van der Waals surface area contributed by atoms with E-state index in [0.29, 0.717) is 11.6 Å². The fraction of sp³-hybridized carbons (Fsp3) is 0.350. The summed E-state index contributed by atoms with van der Waals surface area (Å²) in [6.07, 6.45) is 0.840. The summed E-state index contributed by atoms with van der Waals surface area (Å²) in [5, 5.41) is 3.75. The molecule has 1 aliphatic heterocycles. The molecule has 1 saturated heterocycles. The van der Waals surface area contributed by atoms with Gasteiger partial charge in [-0.15, -0.1) is 24.8 Å². The van der Waals surface area contributed by atoms with Gasteiger partial charge in [0.05, 0.1) is 12.8 Å². The normalized spacial score (nSPS) is 17.7. The van der Waals surface area contributed by atoms with E-state index >= 15 is 0 Å². The van der Waals surface area contributed by atoms with Gasteiger partial charge in [-0.05, 0) is 37.1 Å². The van der Waals surface area contributed by atoms with Gasteiger partial charge in [-0.2, -0.15) is 0 Å². The number of amides is 1. The molecular formula is C20H26Cl3N3O2. The minimum atomic E-state index is -1.07. The maximum absolute atomic E-state index is 12.7. The Bertz CT molecular complexity index is 788. The first-order chi connectivity index (χ1) is 12.4. The second-order valence-electron chi connectivity index (χ2n) is 6.79. The van der Waals surface area contributed by atoms with E-state index < -0.39 is 5.54 Å². The molecular weight excluding hydrogens is 421 g/mol. The summed E-state index contributed by atoms with van der Waals surface area (Å²) in [6, 6.07) is 15.0. The van der Waals surface area contributed by atoms with Crippen molar-refractivity contribution in [3.8, 4) is 5.75 Å². The molecule has 3 rings (SSSR count). The van der Waals surface area contributed by atoms with Crippen LogP contribution in [0, 0.1) is 0 Å². The van der Waals surface area contributed by atoms with Crippen LogP contribution in [0.1, 0.15) is 18.9 Å². The lowest BCUT2D eigenvalue weighted by Gasteiger charge is -2.27. The number of rotatable bonds is 5. The highest BCUT2D eigenvalue weighted by Gasteiger charge is 2.34. The molecule has 1 amide bonds. The maximum atomic E-state index is 12.7. The minimum Gasteiger partial charge on any atom is -0.495 e. The smallest absolute Gasteiger partial charge is 0.244 e. The molecule has 5 nitrogen and oxygen atoms in total. The molecule has 8 heteroatoms. The number of carbonyl (C=O) groups excluding carboxylic acids is 1. The van der Waals surface area contributed by atoms with E-state index in [1.165, 1.54) is 0 Å². The van der Waals surface area contributed by atoms with Crippen LogP contribution < -0.4 is 20.7 Å². The molecule has 2 atom stereocenters. The SMILES string of the molecule is COc1ccc(Cl)cc1N1CCC(NC(=O)C(C)(N)c2ccccc2)C1.Cl.Cl. The van der Waals surface area contributed by atoms with Crippen LogP contribution >= 0.6 is 36.4 Å². The van der Waals surface area contributed by atoms with Crippen molar-refractivity contribution in [2.75, 3.05) is 25.1 Å². The van der Waals surface area contributed by atoms with Crippen molar-refractivity contribution >= 4 is 48.0 Å². The number of carbonyl (C=O) groups is 1. The highest BCUT2D eigenvalue weighted by atomic mass is 35.5. The molecule has 28 heavy (non-hydrogen) atoms. The van der Waals surface area contributed by atoms with Gasteiger partial charge in [-0.3, -0.25) is 4.79 Å². The Kier molecular flexibility index (Phi) is 8.89. The summed E-state index contributed by atoms with van der Waals surface area (Å²) >= 11 is 6.13. The first-order valence-electron chi connectivity index (χ1n) is 8.65. The largest absolute Gasteiger partial charge is 0.495 e. The molecule has 2 unspecified atom stereocenters.